The molecule has 1 unspecified atom stereocenters. The molecule has 0 saturated carbocycles. The molecular weight excluding hydrogens is 839 g/mol. The fourth-order valence-electron chi connectivity index (χ4n) is 8.52. The molecule has 11 heteroatoms. The van der Waals surface area contributed by atoms with Crippen LogP contribution in [-0.2, 0) is 28.4 Å². The lowest BCUT2D eigenvalue weighted by Gasteiger charge is -2.33. The maximum atomic E-state index is 15.2. The Balaban J connectivity index is 1.12. The maximum absolute atomic E-state index is 15.2. The quantitative estimate of drug-likeness (QED) is 0.0525. The molecule has 4 aromatic carbocycles. The summed E-state index contributed by atoms with van der Waals surface area (Å²) in [5.74, 6) is -0.693. The van der Waals surface area contributed by atoms with E-state index in [1.54, 1.807) is 14.2 Å². The molecule has 0 fully saturated rings. The van der Waals surface area contributed by atoms with E-state index < -0.39 is 12.0 Å². The molecule has 356 valence electrons. The van der Waals surface area contributed by atoms with E-state index in [1.165, 1.54) is 0 Å². The van der Waals surface area contributed by atoms with Gasteiger partial charge in [-0.15, -0.1) is 0 Å². The van der Waals surface area contributed by atoms with Gasteiger partial charge in [-0.1, -0.05) is 53.7 Å². The van der Waals surface area contributed by atoms with Crippen molar-refractivity contribution in [3.8, 4) is 45.5 Å². The summed E-state index contributed by atoms with van der Waals surface area (Å²) in [4.78, 5) is 13.0. The minimum atomic E-state index is -2.94. The number of benzene rings is 4. The van der Waals surface area contributed by atoms with E-state index in [0.29, 0.717) is 17.9 Å². The maximum Gasteiger partial charge on any atom is 0.309 e. The Bertz CT molecular complexity index is 2450. The fourth-order valence-corrected chi connectivity index (χ4v) is 8.52. The lowest BCUT2D eigenvalue weighted by molar-refractivity contribution is -0.154. The number of carbonyl (C=O) groups is 1. The third-order valence-corrected chi connectivity index (χ3v) is 12.3. The van der Waals surface area contributed by atoms with Crippen LogP contribution in [0.5, 0.6) is 23.0 Å². The largest absolute Gasteiger partial charge is 0.496 e. The lowest BCUT2D eigenvalue weighted by Crippen LogP contribution is -2.34. The summed E-state index contributed by atoms with van der Waals surface area (Å²) in [5, 5.41) is 2.10. The van der Waals surface area contributed by atoms with Crippen LogP contribution in [0.3, 0.4) is 0 Å². The summed E-state index contributed by atoms with van der Waals surface area (Å²) < 4.78 is 70.6. The van der Waals surface area contributed by atoms with Crippen molar-refractivity contribution in [3.63, 3.8) is 0 Å². The standard InChI is InChI=1S/C55H70F2N2O7/c1-36-15-21-43(50(27-36)61-11)48-29-38-17-19-40(31-46(38)58(48)9)65-34-42(63-25-13-23-55(56,57)24-14-26-64-52(60)45(54(6,7)8)33-53(3,4)5)35-66-41-20-18-39-30-49(59(10)47(39)32-41)44-22-16-37(2)28-51(44)62-12/h15-22,27-32,42,45H,13-14,23-26,33-35H2,1-12H3. The Morgan fingerprint density at radius 1 is 0.636 bits per heavy atom. The van der Waals surface area contributed by atoms with Gasteiger partial charge in [0.15, 0.2) is 0 Å². The highest BCUT2D eigenvalue weighted by Crippen LogP contribution is 2.39. The van der Waals surface area contributed by atoms with Crippen LogP contribution < -0.4 is 18.9 Å². The highest BCUT2D eigenvalue weighted by molar-refractivity contribution is 5.90. The van der Waals surface area contributed by atoms with Gasteiger partial charge in [0.1, 0.15) is 42.3 Å². The number of ether oxygens (including phenoxy) is 6. The van der Waals surface area contributed by atoms with Crippen LogP contribution in [0, 0.1) is 30.6 Å². The minimum Gasteiger partial charge on any atom is -0.496 e. The van der Waals surface area contributed by atoms with Crippen molar-refractivity contribution >= 4 is 27.8 Å². The molecule has 0 aliphatic carbocycles. The van der Waals surface area contributed by atoms with Crippen LogP contribution in [0.25, 0.3) is 44.3 Å². The van der Waals surface area contributed by atoms with Crippen molar-refractivity contribution in [3.05, 3.63) is 96.1 Å². The molecule has 0 radical (unpaired) electrons. The van der Waals surface area contributed by atoms with Crippen molar-refractivity contribution in [2.45, 2.75) is 99.5 Å². The second-order valence-electron chi connectivity index (χ2n) is 20.1. The van der Waals surface area contributed by atoms with E-state index in [1.807, 2.05) is 97.2 Å². The van der Waals surface area contributed by atoms with Gasteiger partial charge in [0.25, 0.3) is 0 Å². The molecule has 6 aromatic rings. The second-order valence-corrected chi connectivity index (χ2v) is 20.1. The molecule has 0 amide bonds. The molecule has 0 saturated heterocycles. The number of aromatic nitrogens is 2. The van der Waals surface area contributed by atoms with E-state index in [4.69, 9.17) is 28.4 Å². The molecule has 0 spiro atoms. The normalized spacial score (nSPS) is 12.8. The fraction of sp³-hybridized carbons (Fsp3) is 0.473. The zero-order valence-electron chi connectivity index (χ0n) is 41.1. The van der Waals surface area contributed by atoms with Crippen LogP contribution in [0.15, 0.2) is 84.9 Å². The smallest absolute Gasteiger partial charge is 0.309 e. The molecular formula is C55H70F2N2O7. The number of hydrogen-bond acceptors (Lipinski definition) is 7. The molecule has 0 aliphatic heterocycles. The molecule has 66 heavy (non-hydrogen) atoms. The van der Waals surface area contributed by atoms with Crippen molar-refractivity contribution in [2.75, 3.05) is 40.6 Å². The Morgan fingerprint density at radius 3 is 1.55 bits per heavy atom. The Hall–Kier alpha value is -5.55. The van der Waals surface area contributed by atoms with Gasteiger partial charge in [0.05, 0.1) is 49.2 Å². The van der Waals surface area contributed by atoms with Crippen LogP contribution in [0.4, 0.5) is 8.78 Å². The zero-order valence-corrected chi connectivity index (χ0v) is 41.1. The highest BCUT2D eigenvalue weighted by Gasteiger charge is 2.36. The number of halogens is 2. The average Bonchev–Trinajstić information content (AvgIpc) is 3.77. The molecule has 0 bridgehead atoms. The number of rotatable bonds is 21. The molecule has 2 heterocycles. The summed E-state index contributed by atoms with van der Waals surface area (Å²) in [7, 11) is 7.39. The van der Waals surface area contributed by atoms with Crippen LogP contribution in [0.2, 0.25) is 0 Å². The van der Waals surface area contributed by atoms with Gasteiger partial charge in [-0.25, -0.2) is 8.78 Å². The van der Waals surface area contributed by atoms with Crippen molar-refractivity contribution < 1.29 is 42.0 Å². The van der Waals surface area contributed by atoms with Gasteiger partial charge in [-0.05, 0) is 116 Å². The number of nitrogens with zero attached hydrogens (tertiary/aromatic N) is 2. The Kier molecular flexibility index (Phi) is 15.8. The van der Waals surface area contributed by atoms with Crippen LogP contribution in [-0.4, -0.2) is 67.8 Å². The molecule has 2 aromatic heterocycles. The summed E-state index contributed by atoms with van der Waals surface area (Å²) >= 11 is 0. The first-order chi connectivity index (χ1) is 31.2. The Labute approximate surface area is 390 Å². The molecule has 9 nitrogen and oxygen atoms in total. The Morgan fingerprint density at radius 2 is 1.11 bits per heavy atom. The SMILES string of the molecule is COc1cc(C)ccc1-c1cc2ccc(OCC(COc3ccc4cc(-c5ccc(C)cc5OC)n(C)c4c3)OCCCC(F)(F)CCCOC(=O)C(CC(C)(C)C)C(C)(C)C)cc2n1C. The van der Waals surface area contributed by atoms with Gasteiger partial charge in [-0.2, -0.15) is 0 Å². The number of alkyl halides is 2. The number of methoxy groups -OCH3 is 2. The molecule has 1 atom stereocenters. The number of hydrogen-bond donors (Lipinski definition) is 0. The summed E-state index contributed by atoms with van der Waals surface area (Å²) in [5.41, 5.74) is 7.83. The third kappa shape index (κ3) is 12.7. The van der Waals surface area contributed by atoms with Crippen molar-refractivity contribution in [2.24, 2.45) is 30.8 Å². The van der Waals surface area contributed by atoms with Crippen molar-refractivity contribution in [1.82, 2.24) is 9.13 Å². The van der Waals surface area contributed by atoms with E-state index >= 15 is 8.78 Å². The van der Waals surface area contributed by atoms with E-state index in [9.17, 15) is 4.79 Å². The predicted octanol–water partition coefficient (Wildman–Crippen LogP) is 13.3. The summed E-state index contributed by atoms with van der Waals surface area (Å²) in [6.07, 6.45) is -0.454. The van der Waals surface area contributed by atoms with E-state index in [0.717, 1.165) is 66.9 Å². The second kappa shape index (κ2) is 21.0. The predicted molar refractivity (Wildman–Crippen MR) is 261 cm³/mol. The molecule has 0 N–H and O–H groups in total. The summed E-state index contributed by atoms with van der Waals surface area (Å²) in [6.45, 7) is 16.7. The van der Waals surface area contributed by atoms with Gasteiger partial charge < -0.3 is 37.6 Å². The van der Waals surface area contributed by atoms with Crippen LogP contribution >= 0.6 is 0 Å². The van der Waals surface area contributed by atoms with Crippen LogP contribution in [0.1, 0.15) is 84.8 Å². The van der Waals surface area contributed by atoms with Gasteiger partial charge in [-0.3, -0.25) is 4.79 Å². The summed E-state index contributed by atoms with van der Waals surface area (Å²) in [6, 6.07) is 28.5. The zero-order chi connectivity index (χ0) is 48.0. The van der Waals surface area contributed by atoms with Gasteiger partial charge in [0.2, 0.25) is 5.92 Å². The van der Waals surface area contributed by atoms with Gasteiger partial charge >= 0.3 is 5.97 Å². The lowest BCUT2D eigenvalue weighted by atomic mass is 9.72. The number of aryl methyl sites for hydroxylation is 4. The van der Waals surface area contributed by atoms with Crippen molar-refractivity contribution in [1.29, 1.82) is 0 Å². The first kappa shape index (κ1) is 49.9. The molecule has 0 aliphatic rings. The topological polar surface area (TPSA) is 82.3 Å². The first-order valence-corrected chi connectivity index (χ1v) is 23.1. The number of fused-ring (bicyclic) bond motifs is 2. The number of carbonyl (C=O) groups excluding carboxylic acids is 1. The minimum absolute atomic E-state index is 0.0373. The van der Waals surface area contributed by atoms with Gasteiger partial charge in [0, 0.05) is 67.6 Å². The number of esters is 1. The molecule has 6 rings (SSSR count). The average molecular weight is 909 g/mol. The van der Waals surface area contributed by atoms with E-state index in [2.05, 4.69) is 66.3 Å². The third-order valence-electron chi connectivity index (χ3n) is 12.3. The first-order valence-electron chi connectivity index (χ1n) is 23.1. The van der Waals surface area contributed by atoms with E-state index in [-0.39, 0.29) is 74.8 Å². The highest BCUT2D eigenvalue weighted by atomic mass is 19.3. The monoisotopic (exact) mass is 909 g/mol.